The SMILES string of the molecule is O=NCNCCC(O)O. The predicted molar refractivity (Wildman–Crippen MR) is 31.5 cm³/mol. The molecule has 0 saturated heterocycles. The molecule has 0 rings (SSSR count). The smallest absolute Gasteiger partial charge is 0.152 e. The van der Waals surface area contributed by atoms with Crippen LogP contribution in [0.4, 0.5) is 0 Å². The molecule has 0 bridgehead atoms. The molecule has 0 aromatic rings. The van der Waals surface area contributed by atoms with Gasteiger partial charge < -0.3 is 10.2 Å². The molecule has 0 aliphatic carbocycles. The van der Waals surface area contributed by atoms with Crippen molar-refractivity contribution in [3.8, 4) is 0 Å². The lowest BCUT2D eigenvalue weighted by Crippen LogP contribution is -2.19. The Morgan fingerprint density at radius 2 is 2.22 bits per heavy atom. The highest BCUT2D eigenvalue weighted by Crippen LogP contribution is 1.80. The molecule has 5 nitrogen and oxygen atoms in total. The molecule has 0 fully saturated rings. The van der Waals surface area contributed by atoms with Crippen LogP contribution in [0.3, 0.4) is 0 Å². The van der Waals surface area contributed by atoms with E-state index >= 15 is 0 Å². The van der Waals surface area contributed by atoms with Gasteiger partial charge in [0.1, 0.15) is 6.67 Å². The standard InChI is InChI=1S/C4H10N2O3/c7-4(8)1-2-5-3-6-9/h4-5,7-8H,1-3H2. The molecule has 3 N–H and O–H groups in total. The number of nitrogens with zero attached hydrogens (tertiary/aromatic N) is 1. The summed E-state index contributed by atoms with van der Waals surface area (Å²) in [6, 6.07) is 0. The Kier molecular flexibility index (Phi) is 5.29. The van der Waals surface area contributed by atoms with Crippen molar-refractivity contribution in [3.05, 3.63) is 4.91 Å². The van der Waals surface area contributed by atoms with Crippen LogP contribution in [0.2, 0.25) is 0 Å². The predicted octanol–water partition coefficient (Wildman–Crippen LogP) is -0.999. The first-order chi connectivity index (χ1) is 4.27. The summed E-state index contributed by atoms with van der Waals surface area (Å²) >= 11 is 0. The average Bonchev–Trinajstić information content (AvgIpc) is 1.80. The van der Waals surface area contributed by atoms with Gasteiger partial charge in [0.05, 0.1) is 0 Å². The topological polar surface area (TPSA) is 81.9 Å². The van der Waals surface area contributed by atoms with E-state index in [2.05, 4.69) is 10.5 Å². The van der Waals surface area contributed by atoms with Crippen LogP contribution < -0.4 is 5.32 Å². The minimum atomic E-state index is -1.30. The van der Waals surface area contributed by atoms with Crippen molar-refractivity contribution < 1.29 is 10.2 Å². The first-order valence-corrected chi connectivity index (χ1v) is 2.63. The molecule has 5 heteroatoms. The third-order valence-electron chi connectivity index (χ3n) is 0.756. The van der Waals surface area contributed by atoms with Gasteiger partial charge in [-0.05, 0) is 0 Å². The number of hydrogen-bond acceptors (Lipinski definition) is 5. The maximum atomic E-state index is 9.41. The maximum Gasteiger partial charge on any atom is 0.152 e. The van der Waals surface area contributed by atoms with Gasteiger partial charge in [-0.3, -0.25) is 5.32 Å². The van der Waals surface area contributed by atoms with Crippen molar-refractivity contribution in [2.75, 3.05) is 13.2 Å². The molecule has 0 aromatic heterocycles. The highest BCUT2D eigenvalue weighted by molar-refractivity contribution is 4.45. The molecular weight excluding hydrogens is 124 g/mol. The average molecular weight is 134 g/mol. The molecule has 0 aromatic carbocycles. The monoisotopic (exact) mass is 134 g/mol. The van der Waals surface area contributed by atoms with Crippen LogP contribution in [0.5, 0.6) is 0 Å². The lowest BCUT2D eigenvalue weighted by atomic mass is 10.4. The van der Waals surface area contributed by atoms with Gasteiger partial charge in [-0.2, -0.15) is 0 Å². The van der Waals surface area contributed by atoms with E-state index in [0.29, 0.717) is 6.54 Å². The molecule has 9 heavy (non-hydrogen) atoms. The van der Waals surface area contributed by atoms with Crippen molar-refractivity contribution in [3.63, 3.8) is 0 Å². The molecule has 0 aliphatic rings. The zero-order valence-corrected chi connectivity index (χ0v) is 4.95. The minimum Gasteiger partial charge on any atom is -0.368 e. The second kappa shape index (κ2) is 5.61. The Morgan fingerprint density at radius 3 is 2.67 bits per heavy atom. The summed E-state index contributed by atoms with van der Waals surface area (Å²) < 4.78 is 0. The zero-order valence-electron chi connectivity index (χ0n) is 4.95. The van der Waals surface area contributed by atoms with Crippen LogP contribution >= 0.6 is 0 Å². The summed E-state index contributed by atoms with van der Waals surface area (Å²) in [7, 11) is 0. The third-order valence-corrected chi connectivity index (χ3v) is 0.756. The van der Waals surface area contributed by atoms with Crippen LogP contribution in [0, 0.1) is 4.91 Å². The molecule has 0 saturated carbocycles. The lowest BCUT2D eigenvalue weighted by molar-refractivity contribution is -0.0443. The molecule has 0 radical (unpaired) electrons. The molecule has 0 unspecified atom stereocenters. The first kappa shape index (κ1) is 8.48. The molecule has 0 aliphatic heterocycles. The Labute approximate surface area is 52.7 Å². The van der Waals surface area contributed by atoms with Crippen LogP contribution in [0.1, 0.15) is 6.42 Å². The van der Waals surface area contributed by atoms with Crippen LogP contribution in [0.15, 0.2) is 5.18 Å². The van der Waals surface area contributed by atoms with Crippen molar-refractivity contribution >= 4 is 0 Å². The normalized spacial score (nSPS) is 10.1. The largest absolute Gasteiger partial charge is 0.368 e. The van der Waals surface area contributed by atoms with Gasteiger partial charge in [0.25, 0.3) is 0 Å². The van der Waals surface area contributed by atoms with Crippen LogP contribution in [-0.2, 0) is 0 Å². The Morgan fingerprint density at radius 1 is 1.56 bits per heavy atom. The molecular formula is C4H10N2O3. The van der Waals surface area contributed by atoms with E-state index in [0.717, 1.165) is 0 Å². The fourth-order valence-electron chi connectivity index (χ4n) is 0.356. The van der Waals surface area contributed by atoms with E-state index in [1.165, 1.54) is 0 Å². The van der Waals surface area contributed by atoms with E-state index < -0.39 is 6.29 Å². The fourth-order valence-corrected chi connectivity index (χ4v) is 0.356. The highest BCUT2D eigenvalue weighted by atomic mass is 16.5. The van der Waals surface area contributed by atoms with Gasteiger partial charge in [-0.25, -0.2) is 0 Å². The summed E-state index contributed by atoms with van der Waals surface area (Å²) in [6.07, 6.45) is -1.08. The molecule has 0 heterocycles. The number of nitroso groups, excluding NO2 is 1. The maximum absolute atomic E-state index is 9.41. The van der Waals surface area contributed by atoms with E-state index in [1.807, 2.05) is 0 Å². The Bertz CT molecular complexity index is 76.2. The van der Waals surface area contributed by atoms with E-state index in [9.17, 15) is 4.91 Å². The molecule has 0 amide bonds. The number of aliphatic hydroxyl groups is 2. The summed E-state index contributed by atoms with van der Waals surface area (Å²) in [4.78, 5) is 9.41. The van der Waals surface area contributed by atoms with E-state index in [1.54, 1.807) is 0 Å². The highest BCUT2D eigenvalue weighted by Gasteiger charge is 1.93. The fraction of sp³-hybridized carbons (Fsp3) is 1.00. The van der Waals surface area contributed by atoms with Gasteiger partial charge in [0.15, 0.2) is 6.29 Å². The Hall–Kier alpha value is -0.520. The zero-order chi connectivity index (χ0) is 7.11. The first-order valence-electron chi connectivity index (χ1n) is 2.63. The van der Waals surface area contributed by atoms with Gasteiger partial charge in [0, 0.05) is 13.0 Å². The van der Waals surface area contributed by atoms with Gasteiger partial charge >= 0.3 is 0 Å². The van der Waals surface area contributed by atoms with Crippen molar-refractivity contribution in [1.82, 2.24) is 5.32 Å². The van der Waals surface area contributed by atoms with Crippen molar-refractivity contribution in [2.24, 2.45) is 5.18 Å². The number of hydrogen-bond donors (Lipinski definition) is 3. The summed E-state index contributed by atoms with van der Waals surface area (Å²) in [6.45, 7) is 0.413. The third kappa shape index (κ3) is 7.48. The molecule has 0 atom stereocenters. The van der Waals surface area contributed by atoms with Gasteiger partial charge in [0.2, 0.25) is 0 Å². The minimum absolute atomic E-state index is 0.0206. The second-order valence-electron chi connectivity index (χ2n) is 1.56. The number of aliphatic hydroxyl groups excluding tert-OH is 1. The van der Waals surface area contributed by atoms with Crippen LogP contribution in [-0.4, -0.2) is 29.7 Å². The van der Waals surface area contributed by atoms with Gasteiger partial charge in [-0.15, -0.1) is 4.91 Å². The van der Waals surface area contributed by atoms with Crippen molar-refractivity contribution in [2.45, 2.75) is 12.7 Å². The van der Waals surface area contributed by atoms with Crippen LogP contribution in [0.25, 0.3) is 0 Å². The summed E-state index contributed by atoms with van der Waals surface area (Å²) in [5.41, 5.74) is 0. The van der Waals surface area contributed by atoms with Crippen molar-refractivity contribution in [1.29, 1.82) is 0 Å². The quantitative estimate of drug-likeness (QED) is 0.256. The molecule has 54 valence electrons. The molecule has 0 spiro atoms. The van der Waals surface area contributed by atoms with Gasteiger partial charge in [-0.1, -0.05) is 5.18 Å². The Balaban J connectivity index is 2.82. The second-order valence-corrected chi connectivity index (χ2v) is 1.56. The lowest BCUT2D eigenvalue weighted by Gasteiger charge is -2.00. The van der Waals surface area contributed by atoms with E-state index in [4.69, 9.17) is 10.2 Å². The summed E-state index contributed by atoms with van der Waals surface area (Å²) in [5, 5.41) is 21.6. The number of rotatable bonds is 5. The summed E-state index contributed by atoms with van der Waals surface area (Å²) in [5.74, 6) is 0. The number of nitrogens with one attached hydrogen (secondary N) is 1. The van der Waals surface area contributed by atoms with E-state index in [-0.39, 0.29) is 13.1 Å².